The fourth-order valence-electron chi connectivity index (χ4n) is 1.68. The Hall–Kier alpha value is -1.58. The van der Waals surface area contributed by atoms with E-state index in [1.807, 2.05) is 31.2 Å². The van der Waals surface area contributed by atoms with Crippen LogP contribution in [0.2, 0.25) is 5.02 Å². The summed E-state index contributed by atoms with van der Waals surface area (Å²) in [5.74, 6) is 1.32. The lowest BCUT2D eigenvalue weighted by atomic mass is 10.2. The largest absolute Gasteiger partial charge is 0.439 e. The van der Waals surface area contributed by atoms with Gasteiger partial charge in [0.1, 0.15) is 5.75 Å². The maximum Gasteiger partial charge on any atom is 0.219 e. The van der Waals surface area contributed by atoms with E-state index in [1.165, 1.54) is 0 Å². The van der Waals surface area contributed by atoms with Gasteiger partial charge in [-0.15, -0.1) is 0 Å². The summed E-state index contributed by atoms with van der Waals surface area (Å²) in [5.41, 5.74) is 2.18. The highest BCUT2D eigenvalue weighted by Crippen LogP contribution is 2.27. The van der Waals surface area contributed by atoms with Crippen LogP contribution in [0.25, 0.3) is 0 Å². The molecule has 3 nitrogen and oxygen atoms in total. The standard InChI is InChI=1S/C15H17ClN2O/c1-3-17-10-12-6-7-18-15(8-12)19-14-9-13(16)5-4-11(14)2/h4-9,17H,3,10H2,1-2H3. The molecule has 1 N–H and O–H groups in total. The molecule has 0 saturated carbocycles. The molecule has 0 unspecified atom stereocenters. The van der Waals surface area contributed by atoms with Gasteiger partial charge in [-0.25, -0.2) is 4.98 Å². The average Bonchev–Trinajstić information content (AvgIpc) is 2.41. The summed E-state index contributed by atoms with van der Waals surface area (Å²) in [6, 6.07) is 9.48. The summed E-state index contributed by atoms with van der Waals surface area (Å²) >= 11 is 5.97. The highest BCUT2D eigenvalue weighted by atomic mass is 35.5. The molecule has 0 atom stereocenters. The van der Waals surface area contributed by atoms with Gasteiger partial charge >= 0.3 is 0 Å². The molecule has 0 aliphatic carbocycles. The van der Waals surface area contributed by atoms with Gasteiger partial charge in [0.05, 0.1) is 0 Å². The second kappa shape index (κ2) is 6.55. The molecule has 0 saturated heterocycles. The van der Waals surface area contributed by atoms with Crippen molar-refractivity contribution in [3.8, 4) is 11.6 Å². The Bertz CT molecular complexity index is 558. The van der Waals surface area contributed by atoms with Crippen molar-refractivity contribution in [2.75, 3.05) is 6.54 Å². The van der Waals surface area contributed by atoms with Crippen LogP contribution in [0.15, 0.2) is 36.5 Å². The van der Waals surface area contributed by atoms with Crippen LogP contribution in [0.1, 0.15) is 18.1 Å². The SMILES string of the molecule is CCNCc1ccnc(Oc2cc(Cl)ccc2C)c1. The molecule has 0 bridgehead atoms. The van der Waals surface area contributed by atoms with E-state index in [4.69, 9.17) is 16.3 Å². The van der Waals surface area contributed by atoms with E-state index >= 15 is 0 Å². The lowest BCUT2D eigenvalue weighted by molar-refractivity contribution is 0.458. The highest BCUT2D eigenvalue weighted by Gasteiger charge is 2.04. The van der Waals surface area contributed by atoms with Crippen molar-refractivity contribution >= 4 is 11.6 Å². The molecular weight excluding hydrogens is 260 g/mol. The molecule has 2 rings (SSSR count). The Labute approximate surface area is 118 Å². The van der Waals surface area contributed by atoms with Crippen LogP contribution in [0.3, 0.4) is 0 Å². The maximum absolute atomic E-state index is 5.97. The number of ether oxygens (including phenoxy) is 1. The fourth-order valence-corrected chi connectivity index (χ4v) is 1.84. The Morgan fingerprint density at radius 1 is 1.26 bits per heavy atom. The summed E-state index contributed by atoms with van der Waals surface area (Å²) in [7, 11) is 0. The van der Waals surface area contributed by atoms with Gasteiger partial charge < -0.3 is 10.1 Å². The first-order chi connectivity index (χ1) is 9.19. The zero-order valence-electron chi connectivity index (χ0n) is 11.1. The number of pyridine rings is 1. The summed E-state index contributed by atoms with van der Waals surface area (Å²) in [5, 5.41) is 3.93. The first-order valence-corrected chi connectivity index (χ1v) is 6.66. The van der Waals surface area contributed by atoms with E-state index in [9.17, 15) is 0 Å². The lowest BCUT2D eigenvalue weighted by Crippen LogP contribution is -2.11. The third-order valence-electron chi connectivity index (χ3n) is 2.74. The summed E-state index contributed by atoms with van der Waals surface area (Å²) in [6.07, 6.45) is 1.75. The summed E-state index contributed by atoms with van der Waals surface area (Å²) in [6.45, 7) is 5.80. The predicted octanol–water partition coefficient (Wildman–Crippen LogP) is 3.95. The Morgan fingerprint density at radius 3 is 2.89 bits per heavy atom. The minimum atomic E-state index is 0.584. The number of benzene rings is 1. The molecule has 100 valence electrons. The fraction of sp³-hybridized carbons (Fsp3) is 0.267. The Morgan fingerprint density at radius 2 is 2.11 bits per heavy atom. The van der Waals surface area contributed by atoms with Gasteiger partial charge in [-0.1, -0.05) is 24.6 Å². The lowest BCUT2D eigenvalue weighted by Gasteiger charge is -2.09. The van der Waals surface area contributed by atoms with E-state index in [1.54, 1.807) is 12.3 Å². The van der Waals surface area contributed by atoms with Gasteiger partial charge in [0, 0.05) is 23.8 Å². The topological polar surface area (TPSA) is 34.2 Å². The van der Waals surface area contributed by atoms with E-state index in [2.05, 4.69) is 17.2 Å². The predicted molar refractivity (Wildman–Crippen MR) is 77.9 cm³/mol. The first-order valence-electron chi connectivity index (χ1n) is 6.28. The second-order valence-electron chi connectivity index (χ2n) is 4.29. The van der Waals surface area contributed by atoms with Gasteiger partial charge in [-0.2, -0.15) is 0 Å². The zero-order chi connectivity index (χ0) is 13.7. The van der Waals surface area contributed by atoms with Gasteiger partial charge in [-0.05, 0) is 42.8 Å². The Kier molecular flexibility index (Phi) is 4.77. The minimum absolute atomic E-state index is 0.584. The third kappa shape index (κ3) is 3.94. The normalized spacial score (nSPS) is 10.5. The van der Waals surface area contributed by atoms with Crippen LogP contribution in [0.5, 0.6) is 11.6 Å². The van der Waals surface area contributed by atoms with Gasteiger partial charge in [0.2, 0.25) is 5.88 Å². The molecule has 0 aliphatic rings. The van der Waals surface area contributed by atoms with Gasteiger partial charge in [0.25, 0.3) is 0 Å². The monoisotopic (exact) mass is 276 g/mol. The molecule has 1 aromatic carbocycles. The second-order valence-corrected chi connectivity index (χ2v) is 4.73. The van der Waals surface area contributed by atoms with Crippen molar-refractivity contribution in [3.63, 3.8) is 0 Å². The molecule has 19 heavy (non-hydrogen) atoms. The van der Waals surface area contributed by atoms with E-state index in [0.29, 0.717) is 10.9 Å². The Balaban J connectivity index is 2.16. The van der Waals surface area contributed by atoms with Crippen molar-refractivity contribution in [2.24, 2.45) is 0 Å². The smallest absolute Gasteiger partial charge is 0.219 e. The summed E-state index contributed by atoms with van der Waals surface area (Å²) < 4.78 is 5.79. The summed E-state index contributed by atoms with van der Waals surface area (Å²) in [4.78, 5) is 4.22. The van der Waals surface area contributed by atoms with Crippen LogP contribution in [0, 0.1) is 6.92 Å². The number of aryl methyl sites for hydroxylation is 1. The molecule has 0 fully saturated rings. The number of hydrogen-bond acceptors (Lipinski definition) is 3. The maximum atomic E-state index is 5.97. The number of rotatable bonds is 5. The van der Waals surface area contributed by atoms with Crippen LogP contribution in [0.4, 0.5) is 0 Å². The van der Waals surface area contributed by atoms with Crippen LogP contribution in [-0.2, 0) is 6.54 Å². The average molecular weight is 277 g/mol. The number of hydrogen-bond donors (Lipinski definition) is 1. The van der Waals surface area contributed by atoms with Crippen molar-refractivity contribution in [1.82, 2.24) is 10.3 Å². The number of halogens is 1. The number of nitrogens with zero attached hydrogens (tertiary/aromatic N) is 1. The molecule has 4 heteroatoms. The number of aromatic nitrogens is 1. The zero-order valence-corrected chi connectivity index (χ0v) is 11.9. The molecule has 0 amide bonds. The van der Waals surface area contributed by atoms with Gasteiger partial charge in [-0.3, -0.25) is 0 Å². The molecule has 0 spiro atoms. The minimum Gasteiger partial charge on any atom is -0.439 e. The van der Waals surface area contributed by atoms with Crippen molar-refractivity contribution in [1.29, 1.82) is 0 Å². The molecule has 2 aromatic rings. The van der Waals surface area contributed by atoms with Crippen molar-refractivity contribution in [3.05, 3.63) is 52.7 Å². The first kappa shape index (κ1) is 13.8. The number of nitrogens with one attached hydrogen (secondary N) is 1. The molecule has 0 radical (unpaired) electrons. The molecular formula is C15H17ClN2O. The van der Waals surface area contributed by atoms with Crippen LogP contribution in [-0.4, -0.2) is 11.5 Å². The van der Waals surface area contributed by atoms with Crippen molar-refractivity contribution < 1.29 is 4.74 Å². The van der Waals surface area contributed by atoms with E-state index in [-0.39, 0.29) is 0 Å². The molecule has 1 aromatic heterocycles. The van der Waals surface area contributed by atoms with E-state index in [0.717, 1.165) is 30.0 Å². The van der Waals surface area contributed by atoms with Crippen LogP contribution >= 0.6 is 11.6 Å². The third-order valence-corrected chi connectivity index (χ3v) is 2.98. The van der Waals surface area contributed by atoms with E-state index < -0.39 is 0 Å². The van der Waals surface area contributed by atoms with Gasteiger partial charge in [0.15, 0.2) is 0 Å². The highest BCUT2D eigenvalue weighted by molar-refractivity contribution is 6.30. The molecule has 1 heterocycles. The van der Waals surface area contributed by atoms with Crippen LogP contribution < -0.4 is 10.1 Å². The molecule has 0 aliphatic heterocycles. The quantitative estimate of drug-likeness (QED) is 0.898. The van der Waals surface area contributed by atoms with Crippen molar-refractivity contribution in [2.45, 2.75) is 20.4 Å².